The van der Waals surface area contributed by atoms with Gasteiger partial charge < -0.3 is 13.5 Å². The lowest BCUT2D eigenvalue weighted by Crippen LogP contribution is -2.09. The van der Waals surface area contributed by atoms with E-state index in [0.717, 1.165) is 5.56 Å². The Kier molecular flexibility index (Phi) is 6.10. The van der Waals surface area contributed by atoms with Gasteiger partial charge in [0.15, 0.2) is 0 Å². The summed E-state index contributed by atoms with van der Waals surface area (Å²) in [6, 6.07) is 9.82. The topological polar surface area (TPSA) is 74.5 Å². The molecule has 0 aliphatic heterocycles. The minimum Gasteiger partial charge on any atom is -0.424 e. The molecule has 7 heteroatoms. The smallest absolute Gasteiger partial charge is 0.340 e. The van der Waals surface area contributed by atoms with Crippen LogP contribution in [0.3, 0.4) is 0 Å². The summed E-state index contributed by atoms with van der Waals surface area (Å²) in [6.45, 7) is 7.24. The second kappa shape index (κ2) is 7.86. The predicted molar refractivity (Wildman–Crippen MR) is 87.3 cm³/mol. The first-order chi connectivity index (χ1) is 10.9. The summed E-state index contributed by atoms with van der Waals surface area (Å²) in [5.41, 5.74) is 1.07. The van der Waals surface area contributed by atoms with Crippen LogP contribution in [0.15, 0.2) is 34.7 Å². The average Bonchev–Trinajstić information content (AvgIpc) is 2.84. The van der Waals surface area contributed by atoms with Crippen molar-refractivity contribution in [1.82, 2.24) is 10.2 Å². The predicted octanol–water partition coefficient (Wildman–Crippen LogP) is 4.20. The minimum absolute atomic E-state index is 0.0227. The van der Waals surface area contributed by atoms with Gasteiger partial charge in [0, 0.05) is 0 Å². The number of hydrogen-bond donors (Lipinski definition) is 0. The van der Waals surface area contributed by atoms with Crippen molar-refractivity contribution < 1.29 is 18.0 Å². The first-order valence-electron chi connectivity index (χ1n) is 7.67. The Morgan fingerprint density at radius 1 is 1.00 bits per heavy atom. The molecule has 0 bridgehead atoms. The van der Waals surface area contributed by atoms with Crippen LogP contribution in [0.5, 0.6) is 0 Å². The lowest BCUT2D eigenvalue weighted by molar-refractivity contribution is 0.140. The number of rotatable bonds is 8. The molecule has 2 rings (SSSR count). The third-order valence-corrected chi connectivity index (χ3v) is 4.92. The summed E-state index contributed by atoms with van der Waals surface area (Å²) in [5, 5.41) is 7.97. The summed E-state index contributed by atoms with van der Waals surface area (Å²) in [6.07, 6.45) is 0.0805. The standard InChI is InChI=1S/C16H23N2O4P/c1-12(2)21-23(19,22-13(3)4)11-16-18-17-15(20-16)10-14-8-6-5-7-9-14/h5-9,12-13H,10-11H2,1-4H3. The Balaban J connectivity index is 2.07. The number of nitrogens with zero attached hydrogens (tertiary/aromatic N) is 2. The van der Waals surface area contributed by atoms with Crippen molar-refractivity contribution in [3.05, 3.63) is 47.7 Å². The van der Waals surface area contributed by atoms with Gasteiger partial charge in [-0.3, -0.25) is 4.57 Å². The van der Waals surface area contributed by atoms with Gasteiger partial charge in [-0.15, -0.1) is 10.2 Å². The van der Waals surface area contributed by atoms with E-state index in [4.69, 9.17) is 13.5 Å². The van der Waals surface area contributed by atoms with E-state index >= 15 is 0 Å². The van der Waals surface area contributed by atoms with E-state index in [0.29, 0.717) is 12.3 Å². The van der Waals surface area contributed by atoms with Crippen LogP contribution >= 0.6 is 7.60 Å². The zero-order valence-corrected chi connectivity index (χ0v) is 14.8. The van der Waals surface area contributed by atoms with Crippen LogP contribution in [0.1, 0.15) is 45.0 Å². The molecule has 0 N–H and O–H groups in total. The van der Waals surface area contributed by atoms with Crippen LogP contribution < -0.4 is 0 Å². The fraction of sp³-hybridized carbons (Fsp3) is 0.500. The van der Waals surface area contributed by atoms with E-state index < -0.39 is 7.60 Å². The molecular weight excluding hydrogens is 315 g/mol. The van der Waals surface area contributed by atoms with Gasteiger partial charge in [0.1, 0.15) is 6.16 Å². The summed E-state index contributed by atoms with van der Waals surface area (Å²) in [5.74, 6) is 0.743. The summed E-state index contributed by atoms with van der Waals surface area (Å²) < 4.78 is 29.4. The normalized spacial score (nSPS) is 12.3. The van der Waals surface area contributed by atoms with Crippen molar-refractivity contribution in [1.29, 1.82) is 0 Å². The summed E-state index contributed by atoms with van der Waals surface area (Å²) in [7, 11) is -3.32. The Morgan fingerprint density at radius 3 is 2.13 bits per heavy atom. The quantitative estimate of drug-likeness (QED) is 0.671. The molecule has 0 unspecified atom stereocenters. The molecule has 1 heterocycles. The van der Waals surface area contributed by atoms with Gasteiger partial charge in [-0.25, -0.2) is 0 Å². The Morgan fingerprint density at radius 2 is 1.57 bits per heavy atom. The molecule has 0 saturated heterocycles. The van der Waals surface area contributed by atoms with Gasteiger partial charge in [0.05, 0.1) is 18.6 Å². The molecular formula is C16H23N2O4P. The van der Waals surface area contributed by atoms with Crippen LogP contribution in [-0.2, 0) is 26.2 Å². The molecule has 0 fully saturated rings. The fourth-order valence-corrected chi connectivity index (χ4v) is 4.04. The lowest BCUT2D eigenvalue weighted by Gasteiger charge is -2.21. The highest BCUT2D eigenvalue weighted by molar-refractivity contribution is 7.53. The van der Waals surface area contributed by atoms with E-state index in [1.807, 2.05) is 58.0 Å². The van der Waals surface area contributed by atoms with Crippen molar-refractivity contribution in [2.75, 3.05) is 0 Å². The highest BCUT2D eigenvalue weighted by atomic mass is 31.2. The van der Waals surface area contributed by atoms with Gasteiger partial charge in [-0.2, -0.15) is 0 Å². The number of aromatic nitrogens is 2. The van der Waals surface area contributed by atoms with Gasteiger partial charge in [-0.05, 0) is 33.3 Å². The van der Waals surface area contributed by atoms with Crippen LogP contribution in [0, 0.1) is 0 Å². The van der Waals surface area contributed by atoms with Crippen molar-refractivity contribution in [3.63, 3.8) is 0 Å². The zero-order chi connectivity index (χ0) is 16.9. The number of benzene rings is 1. The van der Waals surface area contributed by atoms with E-state index in [2.05, 4.69) is 10.2 Å². The fourth-order valence-electron chi connectivity index (χ4n) is 2.10. The third-order valence-electron chi connectivity index (χ3n) is 2.78. The van der Waals surface area contributed by atoms with Crippen molar-refractivity contribution >= 4 is 7.60 Å². The van der Waals surface area contributed by atoms with Crippen molar-refractivity contribution in [3.8, 4) is 0 Å². The van der Waals surface area contributed by atoms with Crippen LogP contribution in [-0.4, -0.2) is 22.4 Å². The van der Waals surface area contributed by atoms with E-state index in [1.54, 1.807) is 0 Å². The lowest BCUT2D eigenvalue weighted by atomic mass is 10.2. The molecule has 0 amide bonds. The van der Waals surface area contributed by atoms with E-state index in [-0.39, 0.29) is 24.3 Å². The molecule has 0 saturated carbocycles. The molecule has 0 atom stereocenters. The summed E-state index contributed by atoms with van der Waals surface area (Å²) in [4.78, 5) is 0. The molecule has 2 aromatic rings. The molecule has 1 aromatic carbocycles. The highest BCUT2D eigenvalue weighted by Crippen LogP contribution is 2.53. The highest BCUT2D eigenvalue weighted by Gasteiger charge is 2.31. The first kappa shape index (κ1) is 17.9. The maximum Gasteiger partial charge on any atom is 0.340 e. The average molecular weight is 338 g/mol. The largest absolute Gasteiger partial charge is 0.424 e. The van der Waals surface area contributed by atoms with Gasteiger partial charge in [-0.1, -0.05) is 30.3 Å². The third kappa shape index (κ3) is 5.90. The number of hydrogen-bond acceptors (Lipinski definition) is 6. The van der Waals surface area contributed by atoms with Gasteiger partial charge in [0.2, 0.25) is 11.8 Å². The van der Waals surface area contributed by atoms with Crippen LogP contribution in [0.2, 0.25) is 0 Å². The van der Waals surface area contributed by atoms with E-state index in [1.165, 1.54) is 0 Å². The summed E-state index contributed by atoms with van der Waals surface area (Å²) >= 11 is 0. The molecule has 0 aliphatic carbocycles. The monoisotopic (exact) mass is 338 g/mol. The molecule has 126 valence electrons. The molecule has 0 spiro atoms. The van der Waals surface area contributed by atoms with Gasteiger partial charge >= 0.3 is 7.60 Å². The zero-order valence-electron chi connectivity index (χ0n) is 13.9. The van der Waals surface area contributed by atoms with Crippen LogP contribution in [0.25, 0.3) is 0 Å². The Labute approximate surface area is 136 Å². The molecule has 0 radical (unpaired) electrons. The maximum absolute atomic E-state index is 12.8. The molecule has 1 aromatic heterocycles. The van der Waals surface area contributed by atoms with Crippen LogP contribution in [0.4, 0.5) is 0 Å². The second-order valence-corrected chi connectivity index (χ2v) is 7.79. The first-order valence-corrected chi connectivity index (χ1v) is 9.40. The Hall–Kier alpha value is -1.49. The molecule has 23 heavy (non-hydrogen) atoms. The molecule has 6 nitrogen and oxygen atoms in total. The second-order valence-electron chi connectivity index (χ2n) is 5.83. The molecule has 0 aliphatic rings. The Bertz CT molecular complexity index is 641. The van der Waals surface area contributed by atoms with E-state index in [9.17, 15) is 4.57 Å². The van der Waals surface area contributed by atoms with Crippen molar-refractivity contribution in [2.24, 2.45) is 0 Å². The van der Waals surface area contributed by atoms with Gasteiger partial charge in [0.25, 0.3) is 0 Å². The minimum atomic E-state index is -3.32. The van der Waals surface area contributed by atoms with Crippen molar-refractivity contribution in [2.45, 2.75) is 52.5 Å². The SMILES string of the molecule is CC(C)OP(=O)(Cc1nnc(Cc2ccccc2)o1)OC(C)C. The maximum atomic E-state index is 12.8.